The van der Waals surface area contributed by atoms with Crippen LogP contribution in [0.4, 0.5) is 26.3 Å². The fourth-order valence-corrected chi connectivity index (χ4v) is 1.70. The Balaban J connectivity index is 2.37. The molecule has 8 heteroatoms. The molecule has 112 valence electrons. The Hall–Kier alpha value is -2.09. The molecule has 1 atom stereocenters. The first-order chi connectivity index (χ1) is 9.71. The molecule has 2 aromatic rings. The maximum absolute atomic E-state index is 13.6. The van der Waals surface area contributed by atoms with Crippen molar-refractivity contribution in [2.75, 3.05) is 0 Å². The highest BCUT2D eigenvalue weighted by molar-refractivity contribution is 5.31. The van der Waals surface area contributed by atoms with Gasteiger partial charge in [-0.3, -0.25) is 4.98 Å². The second-order valence-electron chi connectivity index (χ2n) is 4.21. The van der Waals surface area contributed by atoms with E-state index >= 15 is 0 Å². The first-order valence-corrected chi connectivity index (χ1v) is 5.64. The number of aromatic nitrogens is 1. The normalized spacial score (nSPS) is 13.3. The summed E-state index contributed by atoms with van der Waals surface area (Å²) >= 11 is 0. The number of alkyl halides is 3. The van der Waals surface area contributed by atoms with Gasteiger partial charge in [0, 0.05) is 11.8 Å². The van der Waals surface area contributed by atoms with Crippen LogP contribution in [0.15, 0.2) is 30.5 Å². The molecular weight excluding hydrogens is 298 g/mol. The van der Waals surface area contributed by atoms with Crippen LogP contribution in [0, 0.1) is 17.5 Å². The molecule has 0 radical (unpaired) electrons. The predicted molar refractivity (Wildman–Crippen MR) is 61.6 cm³/mol. The summed E-state index contributed by atoms with van der Waals surface area (Å²) < 4.78 is 76.6. The molecule has 0 saturated heterocycles. The number of rotatable bonds is 2. The van der Waals surface area contributed by atoms with Crippen LogP contribution in [0.2, 0.25) is 0 Å². The molecule has 1 unspecified atom stereocenters. The van der Waals surface area contributed by atoms with Gasteiger partial charge in [0.15, 0.2) is 17.5 Å². The summed E-state index contributed by atoms with van der Waals surface area (Å²) in [6.07, 6.45) is -4.03. The van der Waals surface area contributed by atoms with E-state index in [1.165, 1.54) is 0 Å². The van der Waals surface area contributed by atoms with Gasteiger partial charge in [0.2, 0.25) is 0 Å². The lowest BCUT2D eigenvalue weighted by molar-refractivity contribution is -0.137. The zero-order chi connectivity index (χ0) is 15.8. The molecule has 0 aliphatic heterocycles. The number of nitrogens with two attached hydrogens (primary N) is 1. The first kappa shape index (κ1) is 15.3. The lowest BCUT2D eigenvalue weighted by atomic mass is 10.0. The smallest absolute Gasteiger partial charge is 0.319 e. The van der Waals surface area contributed by atoms with Gasteiger partial charge in [-0.2, -0.15) is 13.2 Å². The number of benzene rings is 1. The molecule has 0 saturated carbocycles. The molecule has 0 aliphatic rings. The maximum atomic E-state index is 13.6. The molecule has 0 aliphatic carbocycles. The number of hydrogen-bond acceptors (Lipinski definition) is 2. The van der Waals surface area contributed by atoms with Gasteiger partial charge in [0.05, 0.1) is 17.3 Å². The lowest BCUT2D eigenvalue weighted by Gasteiger charge is -2.14. The number of nitrogens with zero attached hydrogens (tertiary/aromatic N) is 1. The Kier molecular flexibility index (Phi) is 3.91. The maximum Gasteiger partial charge on any atom is 0.417 e. The highest BCUT2D eigenvalue weighted by Crippen LogP contribution is 2.30. The Morgan fingerprint density at radius 1 is 0.952 bits per heavy atom. The minimum Gasteiger partial charge on any atom is -0.319 e. The summed E-state index contributed by atoms with van der Waals surface area (Å²) in [4.78, 5) is 3.49. The fourth-order valence-electron chi connectivity index (χ4n) is 1.70. The van der Waals surface area contributed by atoms with Crippen molar-refractivity contribution >= 4 is 0 Å². The molecular formula is C13H8F6N2. The van der Waals surface area contributed by atoms with Gasteiger partial charge in [0.1, 0.15) is 0 Å². The van der Waals surface area contributed by atoms with Crippen LogP contribution < -0.4 is 5.73 Å². The van der Waals surface area contributed by atoms with Gasteiger partial charge in [0.25, 0.3) is 0 Å². The highest BCUT2D eigenvalue weighted by atomic mass is 19.4. The van der Waals surface area contributed by atoms with Gasteiger partial charge in [-0.05, 0) is 18.2 Å². The van der Waals surface area contributed by atoms with Crippen molar-refractivity contribution in [1.29, 1.82) is 0 Å². The van der Waals surface area contributed by atoms with Crippen molar-refractivity contribution in [3.8, 4) is 0 Å². The van der Waals surface area contributed by atoms with Crippen LogP contribution in [0.25, 0.3) is 0 Å². The SMILES string of the molecule is NC(c1ccc(C(F)(F)F)cn1)c1ccc(F)c(F)c1F. The van der Waals surface area contributed by atoms with E-state index < -0.39 is 40.8 Å². The van der Waals surface area contributed by atoms with E-state index in [0.717, 1.165) is 18.2 Å². The monoisotopic (exact) mass is 306 g/mol. The molecule has 0 fully saturated rings. The van der Waals surface area contributed by atoms with Crippen molar-refractivity contribution in [3.63, 3.8) is 0 Å². The number of hydrogen-bond donors (Lipinski definition) is 1. The average Bonchev–Trinajstić information content (AvgIpc) is 2.43. The summed E-state index contributed by atoms with van der Waals surface area (Å²) in [6, 6.07) is 1.95. The Labute approximate surface area is 115 Å². The van der Waals surface area contributed by atoms with E-state index in [9.17, 15) is 26.3 Å². The van der Waals surface area contributed by atoms with Gasteiger partial charge in [-0.15, -0.1) is 0 Å². The second kappa shape index (κ2) is 5.36. The van der Waals surface area contributed by atoms with Gasteiger partial charge < -0.3 is 5.73 Å². The molecule has 1 aromatic carbocycles. The minimum atomic E-state index is -4.57. The quantitative estimate of drug-likeness (QED) is 0.680. The van der Waals surface area contributed by atoms with E-state index in [1.54, 1.807) is 0 Å². The van der Waals surface area contributed by atoms with E-state index in [0.29, 0.717) is 12.3 Å². The summed E-state index contributed by atoms with van der Waals surface area (Å²) in [5, 5.41) is 0. The van der Waals surface area contributed by atoms with Crippen molar-refractivity contribution in [1.82, 2.24) is 4.98 Å². The third-order valence-corrected chi connectivity index (χ3v) is 2.83. The molecule has 0 amide bonds. The predicted octanol–water partition coefficient (Wildman–Crippen LogP) is 3.57. The van der Waals surface area contributed by atoms with Gasteiger partial charge in [-0.1, -0.05) is 6.07 Å². The molecule has 0 spiro atoms. The third-order valence-electron chi connectivity index (χ3n) is 2.83. The number of pyridine rings is 1. The van der Waals surface area contributed by atoms with Crippen molar-refractivity contribution in [3.05, 3.63) is 64.7 Å². The zero-order valence-electron chi connectivity index (χ0n) is 10.3. The molecule has 2 N–H and O–H groups in total. The van der Waals surface area contributed by atoms with E-state index in [2.05, 4.69) is 4.98 Å². The van der Waals surface area contributed by atoms with Crippen molar-refractivity contribution in [2.45, 2.75) is 12.2 Å². The fraction of sp³-hybridized carbons (Fsp3) is 0.154. The average molecular weight is 306 g/mol. The van der Waals surface area contributed by atoms with Crippen molar-refractivity contribution in [2.24, 2.45) is 5.73 Å². The standard InChI is InChI=1S/C13H8F6N2/c14-8-3-2-7(10(15)11(8)16)12(20)9-4-1-6(5-21-9)13(17,18)19/h1-5,12H,20H2. The Morgan fingerprint density at radius 2 is 1.62 bits per heavy atom. The van der Waals surface area contributed by atoms with Crippen LogP contribution in [0.5, 0.6) is 0 Å². The molecule has 1 heterocycles. The van der Waals surface area contributed by atoms with E-state index in [4.69, 9.17) is 5.73 Å². The van der Waals surface area contributed by atoms with Crippen LogP contribution >= 0.6 is 0 Å². The molecule has 2 nitrogen and oxygen atoms in total. The summed E-state index contributed by atoms with van der Waals surface area (Å²) in [5.74, 6) is -4.58. The van der Waals surface area contributed by atoms with Crippen molar-refractivity contribution < 1.29 is 26.3 Å². The van der Waals surface area contributed by atoms with Crippen LogP contribution in [0.3, 0.4) is 0 Å². The van der Waals surface area contributed by atoms with Gasteiger partial charge >= 0.3 is 6.18 Å². The summed E-state index contributed by atoms with van der Waals surface area (Å²) in [6.45, 7) is 0. The highest BCUT2D eigenvalue weighted by Gasteiger charge is 2.31. The molecule has 21 heavy (non-hydrogen) atoms. The summed E-state index contributed by atoms with van der Waals surface area (Å²) in [5.41, 5.74) is 4.12. The lowest BCUT2D eigenvalue weighted by Crippen LogP contribution is -2.17. The topological polar surface area (TPSA) is 38.9 Å². The Morgan fingerprint density at radius 3 is 2.14 bits per heavy atom. The van der Waals surface area contributed by atoms with Gasteiger partial charge in [-0.25, -0.2) is 13.2 Å². The minimum absolute atomic E-state index is 0.104. The van der Waals surface area contributed by atoms with E-state index in [-0.39, 0.29) is 5.69 Å². The Bertz CT molecular complexity index is 651. The molecule has 0 bridgehead atoms. The summed E-state index contributed by atoms with van der Waals surface area (Å²) in [7, 11) is 0. The number of halogens is 6. The molecule has 1 aromatic heterocycles. The third kappa shape index (κ3) is 2.99. The van der Waals surface area contributed by atoms with Crippen LogP contribution in [0.1, 0.15) is 22.9 Å². The molecule has 2 rings (SSSR count). The van der Waals surface area contributed by atoms with E-state index in [1.807, 2.05) is 0 Å². The first-order valence-electron chi connectivity index (χ1n) is 5.64. The van der Waals surface area contributed by atoms with Crippen LogP contribution in [-0.2, 0) is 6.18 Å². The van der Waals surface area contributed by atoms with Crippen LogP contribution in [-0.4, -0.2) is 4.98 Å². The zero-order valence-corrected chi connectivity index (χ0v) is 10.3. The largest absolute Gasteiger partial charge is 0.417 e. The second-order valence-corrected chi connectivity index (χ2v) is 4.21.